The van der Waals surface area contributed by atoms with E-state index in [9.17, 15) is 4.79 Å². The Bertz CT molecular complexity index is 526. The van der Waals surface area contributed by atoms with Crippen LogP contribution in [0, 0.1) is 0 Å². The Labute approximate surface area is 106 Å². The molecule has 0 atom stereocenters. The number of nitrogen functional groups attached to an aromatic ring is 1. The van der Waals surface area contributed by atoms with E-state index in [0.717, 1.165) is 0 Å². The van der Waals surface area contributed by atoms with E-state index in [1.807, 2.05) is 0 Å². The maximum Gasteiger partial charge on any atom is 0.252 e. The van der Waals surface area contributed by atoms with Crippen molar-refractivity contribution in [2.24, 2.45) is 0 Å². The molecule has 2 rings (SSSR count). The average molecular weight is 296 g/mol. The highest BCUT2D eigenvalue weighted by Crippen LogP contribution is 2.19. The molecule has 1 amide bonds. The molecule has 3 N–H and O–H groups in total. The molecule has 0 spiro atoms. The quantitative estimate of drug-likeness (QED) is 0.848. The van der Waals surface area contributed by atoms with Gasteiger partial charge in [-0.25, -0.2) is 0 Å². The molecule has 88 valence electrons. The molecule has 6 heteroatoms. The van der Waals surface area contributed by atoms with Gasteiger partial charge in [0.1, 0.15) is 0 Å². The fourth-order valence-corrected chi connectivity index (χ4v) is 1.74. The Morgan fingerprint density at radius 1 is 1.47 bits per heavy atom. The van der Waals surface area contributed by atoms with Crippen molar-refractivity contribution < 1.29 is 9.32 Å². The summed E-state index contributed by atoms with van der Waals surface area (Å²) in [6, 6.07) is 6.75. The zero-order valence-corrected chi connectivity index (χ0v) is 10.4. The number of halogens is 1. The van der Waals surface area contributed by atoms with E-state index >= 15 is 0 Å². The summed E-state index contributed by atoms with van der Waals surface area (Å²) in [6.45, 7) is 0.292. The summed E-state index contributed by atoms with van der Waals surface area (Å²) >= 11 is 3.30. The zero-order chi connectivity index (χ0) is 12.3. The van der Waals surface area contributed by atoms with E-state index in [4.69, 9.17) is 10.3 Å². The molecule has 0 fully saturated rings. The molecule has 17 heavy (non-hydrogen) atoms. The van der Waals surface area contributed by atoms with E-state index in [1.54, 1.807) is 24.3 Å². The van der Waals surface area contributed by atoms with Gasteiger partial charge in [0.05, 0.1) is 18.3 Å². The molecule has 1 heterocycles. The highest BCUT2D eigenvalue weighted by Gasteiger charge is 2.10. The third-order valence-electron chi connectivity index (χ3n) is 2.15. The van der Waals surface area contributed by atoms with Crippen molar-refractivity contribution in [2.45, 2.75) is 6.54 Å². The predicted octanol–water partition coefficient (Wildman–Crippen LogP) is 1.95. The molecule has 0 radical (unpaired) electrons. The third kappa shape index (κ3) is 2.85. The van der Waals surface area contributed by atoms with Crippen LogP contribution in [0.2, 0.25) is 0 Å². The molecule has 0 aliphatic carbocycles. The highest BCUT2D eigenvalue weighted by molar-refractivity contribution is 9.10. The van der Waals surface area contributed by atoms with E-state index in [-0.39, 0.29) is 5.91 Å². The molecule has 2 aromatic rings. The molecule has 0 aliphatic heterocycles. The second kappa shape index (κ2) is 5.01. The van der Waals surface area contributed by atoms with Crippen LogP contribution in [0.3, 0.4) is 0 Å². The zero-order valence-electron chi connectivity index (χ0n) is 8.81. The number of nitrogens with two attached hydrogens (primary N) is 1. The van der Waals surface area contributed by atoms with Crippen LogP contribution in [0.4, 0.5) is 5.69 Å². The van der Waals surface area contributed by atoms with Gasteiger partial charge in [-0.15, -0.1) is 0 Å². The third-order valence-corrected chi connectivity index (χ3v) is 2.84. The Balaban J connectivity index is 2.07. The molecular formula is C11H10BrN3O2. The number of rotatable bonds is 3. The number of nitrogens with zero attached hydrogens (tertiary/aromatic N) is 1. The summed E-state index contributed by atoms with van der Waals surface area (Å²) in [5.74, 6) is 0.374. The van der Waals surface area contributed by atoms with Crippen LogP contribution in [0.1, 0.15) is 16.1 Å². The predicted molar refractivity (Wildman–Crippen MR) is 66.2 cm³/mol. The lowest BCUT2D eigenvalue weighted by Gasteiger charge is -2.06. The molecule has 1 aromatic carbocycles. The summed E-state index contributed by atoms with van der Waals surface area (Å²) in [4.78, 5) is 11.9. The van der Waals surface area contributed by atoms with Crippen molar-refractivity contribution in [3.63, 3.8) is 0 Å². The summed E-state index contributed by atoms with van der Waals surface area (Å²) in [7, 11) is 0. The molecule has 0 aliphatic rings. The van der Waals surface area contributed by atoms with Crippen molar-refractivity contribution in [1.82, 2.24) is 10.5 Å². The number of carbonyl (C=O) groups excluding carboxylic acids is 1. The van der Waals surface area contributed by atoms with Gasteiger partial charge in [-0.1, -0.05) is 5.16 Å². The van der Waals surface area contributed by atoms with Gasteiger partial charge in [0, 0.05) is 16.2 Å². The van der Waals surface area contributed by atoms with Gasteiger partial charge in [0.15, 0.2) is 5.76 Å². The van der Waals surface area contributed by atoms with E-state index in [0.29, 0.717) is 28.0 Å². The van der Waals surface area contributed by atoms with Gasteiger partial charge in [0.2, 0.25) is 0 Å². The van der Waals surface area contributed by atoms with Crippen LogP contribution in [-0.4, -0.2) is 11.1 Å². The molecular weight excluding hydrogens is 286 g/mol. The van der Waals surface area contributed by atoms with Crippen LogP contribution in [-0.2, 0) is 6.54 Å². The molecule has 0 saturated heterocycles. The van der Waals surface area contributed by atoms with Crippen LogP contribution in [0.15, 0.2) is 39.5 Å². The van der Waals surface area contributed by atoms with Crippen molar-refractivity contribution in [3.05, 3.63) is 46.3 Å². The lowest BCUT2D eigenvalue weighted by atomic mass is 10.2. The smallest absolute Gasteiger partial charge is 0.252 e. The van der Waals surface area contributed by atoms with Crippen molar-refractivity contribution in [1.29, 1.82) is 0 Å². The minimum atomic E-state index is -0.222. The number of hydrogen-bond acceptors (Lipinski definition) is 4. The van der Waals surface area contributed by atoms with E-state index in [2.05, 4.69) is 26.4 Å². The summed E-state index contributed by atoms with van der Waals surface area (Å²) in [5.41, 5.74) is 6.66. The first-order valence-electron chi connectivity index (χ1n) is 4.89. The van der Waals surface area contributed by atoms with Gasteiger partial charge < -0.3 is 15.6 Å². The monoisotopic (exact) mass is 295 g/mol. The Morgan fingerprint density at radius 2 is 2.29 bits per heavy atom. The second-order valence-corrected chi connectivity index (χ2v) is 4.26. The molecule has 5 nitrogen and oxygen atoms in total. The fraction of sp³-hybridized carbons (Fsp3) is 0.0909. The first-order chi connectivity index (χ1) is 8.16. The number of benzene rings is 1. The van der Waals surface area contributed by atoms with E-state index in [1.165, 1.54) is 6.20 Å². The fourth-order valence-electron chi connectivity index (χ4n) is 1.31. The minimum absolute atomic E-state index is 0.222. The van der Waals surface area contributed by atoms with Crippen LogP contribution in [0.5, 0.6) is 0 Å². The van der Waals surface area contributed by atoms with Crippen molar-refractivity contribution >= 4 is 27.5 Å². The SMILES string of the molecule is Nc1ccc(Br)c(C(=O)NCc2ccno2)c1. The van der Waals surface area contributed by atoms with Gasteiger partial charge >= 0.3 is 0 Å². The van der Waals surface area contributed by atoms with Gasteiger partial charge in [-0.05, 0) is 34.1 Å². The lowest BCUT2D eigenvalue weighted by molar-refractivity contribution is 0.0946. The van der Waals surface area contributed by atoms with Crippen LogP contribution in [0.25, 0.3) is 0 Å². The normalized spacial score (nSPS) is 10.2. The molecule has 0 saturated carbocycles. The highest BCUT2D eigenvalue weighted by atomic mass is 79.9. The largest absolute Gasteiger partial charge is 0.399 e. The maximum atomic E-state index is 11.9. The molecule has 1 aromatic heterocycles. The number of carbonyl (C=O) groups is 1. The first kappa shape index (κ1) is 11.7. The van der Waals surface area contributed by atoms with E-state index < -0.39 is 0 Å². The summed E-state index contributed by atoms with van der Waals surface area (Å²) in [5, 5.41) is 6.26. The Morgan fingerprint density at radius 3 is 3.00 bits per heavy atom. The average Bonchev–Trinajstić information content (AvgIpc) is 2.82. The Hall–Kier alpha value is -1.82. The maximum absolute atomic E-state index is 11.9. The minimum Gasteiger partial charge on any atom is -0.399 e. The second-order valence-electron chi connectivity index (χ2n) is 3.40. The van der Waals surface area contributed by atoms with Gasteiger partial charge in [-0.3, -0.25) is 4.79 Å². The van der Waals surface area contributed by atoms with Crippen molar-refractivity contribution in [3.8, 4) is 0 Å². The lowest BCUT2D eigenvalue weighted by Crippen LogP contribution is -2.23. The van der Waals surface area contributed by atoms with Gasteiger partial charge in [0.25, 0.3) is 5.91 Å². The number of nitrogens with one attached hydrogen (secondary N) is 1. The summed E-state index contributed by atoms with van der Waals surface area (Å²) in [6.07, 6.45) is 1.53. The summed E-state index contributed by atoms with van der Waals surface area (Å²) < 4.78 is 5.57. The van der Waals surface area contributed by atoms with Crippen molar-refractivity contribution in [2.75, 3.05) is 5.73 Å². The first-order valence-corrected chi connectivity index (χ1v) is 5.69. The number of hydrogen-bond donors (Lipinski definition) is 2. The van der Waals surface area contributed by atoms with Crippen LogP contribution >= 0.6 is 15.9 Å². The number of amides is 1. The topological polar surface area (TPSA) is 81.2 Å². The number of aromatic nitrogens is 1. The number of anilines is 1. The Kier molecular flexibility index (Phi) is 3.43. The molecule has 0 unspecified atom stereocenters. The van der Waals surface area contributed by atoms with Gasteiger partial charge in [-0.2, -0.15) is 0 Å². The van der Waals surface area contributed by atoms with Crippen LogP contribution < -0.4 is 11.1 Å². The standard InChI is InChI=1S/C11H10BrN3O2/c12-10-2-1-7(13)5-9(10)11(16)14-6-8-3-4-15-17-8/h1-5H,6,13H2,(H,14,16). The molecule has 0 bridgehead atoms.